The largest absolute Gasteiger partial charge is 0.326 e. The van der Waals surface area contributed by atoms with Crippen LogP contribution in [0.3, 0.4) is 0 Å². The van der Waals surface area contributed by atoms with Crippen molar-refractivity contribution in [2.24, 2.45) is 5.73 Å². The summed E-state index contributed by atoms with van der Waals surface area (Å²) in [4.78, 5) is 4.54. The van der Waals surface area contributed by atoms with Gasteiger partial charge < -0.3 is 5.73 Å². The molecule has 3 heterocycles. The van der Waals surface area contributed by atoms with Gasteiger partial charge in [-0.1, -0.05) is 0 Å². The van der Waals surface area contributed by atoms with Crippen molar-refractivity contribution in [1.82, 2.24) is 9.62 Å². The first-order valence-electron chi connectivity index (χ1n) is 7.07. The van der Waals surface area contributed by atoms with Crippen molar-refractivity contribution < 1.29 is 8.42 Å². The van der Waals surface area contributed by atoms with Gasteiger partial charge in [-0.25, -0.2) is 13.1 Å². The van der Waals surface area contributed by atoms with Gasteiger partial charge in [0.25, 0.3) is 0 Å². The summed E-state index contributed by atoms with van der Waals surface area (Å²) in [6, 6.07) is 2.16. The smallest absolute Gasteiger partial charge is 0.241 e. The zero-order valence-electron chi connectivity index (χ0n) is 11.6. The highest BCUT2D eigenvalue weighted by Crippen LogP contribution is 2.30. The molecule has 0 aliphatic carbocycles. The summed E-state index contributed by atoms with van der Waals surface area (Å²) in [6.45, 7) is 4.35. The van der Waals surface area contributed by atoms with Gasteiger partial charge in [0.05, 0.1) is 4.90 Å². The van der Waals surface area contributed by atoms with Crippen LogP contribution in [0.4, 0.5) is 0 Å². The lowest BCUT2D eigenvalue weighted by atomic mass is 10.1. The maximum Gasteiger partial charge on any atom is 0.241 e. The summed E-state index contributed by atoms with van der Waals surface area (Å²) in [5.74, 6) is 0. The first-order valence-corrected chi connectivity index (χ1v) is 9.37. The number of hydrogen-bond acceptors (Lipinski definition) is 5. The Morgan fingerprint density at radius 2 is 2.25 bits per heavy atom. The Hall–Kier alpha value is -0.470. The molecule has 2 saturated heterocycles. The quantitative estimate of drug-likeness (QED) is 0.870. The van der Waals surface area contributed by atoms with Crippen molar-refractivity contribution in [1.29, 1.82) is 0 Å². The van der Waals surface area contributed by atoms with Gasteiger partial charge in [0, 0.05) is 34.9 Å². The minimum absolute atomic E-state index is 0.0585. The van der Waals surface area contributed by atoms with Crippen LogP contribution in [-0.2, 0) is 16.6 Å². The van der Waals surface area contributed by atoms with E-state index in [1.54, 1.807) is 6.07 Å². The summed E-state index contributed by atoms with van der Waals surface area (Å²) in [5, 5.41) is 0. The topological polar surface area (TPSA) is 75.4 Å². The summed E-state index contributed by atoms with van der Waals surface area (Å²) in [5.41, 5.74) is 5.60. The van der Waals surface area contributed by atoms with Gasteiger partial charge in [-0.15, -0.1) is 11.3 Å². The second-order valence-electron chi connectivity index (χ2n) is 5.60. The first kappa shape index (κ1) is 14.5. The predicted octanol–water partition coefficient (Wildman–Crippen LogP) is 1.03. The normalized spacial score (nSPS) is 27.1. The Bertz CT molecular complexity index is 597. The van der Waals surface area contributed by atoms with E-state index in [0.717, 1.165) is 35.7 Å². The number of aryl methyl sites for hydroxylation is 1. The molecule has 20 heavy (non-hydrogen) atoms. The van der Waals surface area contributed by atoms with Crippen LogP contribution in [0.5, 0.6) is 0 Å². The van der Waals surface area contributed by atoms with E-state index in [9.17, 15) is 8.42 Å². The molecule has 2 aliphatic rings. The fraction of sp³-hybridized carbons (Fsp3) is 0.692. The van der Waals surface area contributed by atoms with Gasteiger partial charge in [0.15, 0.2) is 0 Å². The summed E-state index contributed by atoms with van der Waals surface area (Å²) < 4.78 is 28.0. The van der Waals surface area contributed by atoms with Gasteiger partial charge in [-0.2, -0.15) is 0 Å². The fourth-order valence-corrected chi connectivity index (χ4v) is 6.19. The lowest BCUT2D eigenvalue weighted by Gasteiger charge is -2.21. The van der Waals surface area contributed by atoms with E-state index < -0.39 is 10.0 Å². The maximum atomic E-state index is 12.6. The number of fused-ring (bicyclic) bond motifs is 1. The molecule has 2 fully saturated rings. The Labute approximate surface area is 124 Å². The van der Waals surface area contributed by atoms with E-state index >= 15 is 0 Å². The maximum absolute atomic E-state index is 12.6. The first-order chi connectivity index (χ1) is 9.51. The molecule has 112 valence electrons. The third-order valence-electron chi connectivity index (χ3n) is 4.33. The molecular weight excluding hydrogens is 294 g/mol. The van der Waals surface area contributed by atoms with Crippen LogP contribution in [0.2, 0.25) is 0 Å². The van der Waals surface area contributed by atoms with E-state index in [1.807, 2.05) is 6.92 Å². The molecule has 2 unspecified atom stereocenters. The molecule has 0 spiro atoms. The molecule has 0 radical (unpaired) electrons. The Morgan fingerprint density at radius 3 is 2.95 bits per heavy atom. The number of nitrogens with one attached hydrogen (secondary N) is 1. The second kappa shape index (κ2) is 5.38. The highest BCUT2D eigenvalue weighted by Gasteiger charge is 2.39. The zero-order valence-corrected chi connectivity index (χ0v) is 13.3. The number of rotatable bonds is 4. The molecule has 0 amide bonds. The van der Waals surface area contributed by atoms with Crippen molar-refractivity contribution >= 4 is 21.4 Å². The van der Waals surface area contributed by atoms with Crippen molar-refractivity contribution in [3.05, 3.63) is 15.8 Å². The number of nitrogens with two attached hydrogens (primary N) is 1. The standard InChI is InChI=1S/C13H21N3O2S2/c1-9-13(7-10(8-14)19-9)20(17,18)15-11-4-6-16-5-2-3-12(11)16/h7,11-12,15H,2-6,8,14H2,1H3. The minimum Gasteiger partial charge on any atom is -0.326 e. The molecule has 0 saturated carbocycles. The van der Waals surface area contributed by atoms with Crippen LogP contribution in [0.1, 0.15) is 29.0 Å². The lowest BCUT2D eigenvalue weighted by molar-refractivity contribution is 0.309. The molecule has 0 aromatic carbocycles. The molecule has 7 heteroatoms. The molecule has 5 nitrogen and oxygen atoms in total. The van der Waals surface area contributed by atoms with E-state index in [2.05, 4.69) is 9.62 Å². The Morgan fingerprint density at radius 1 is 1.45 bits per heavy atom. The van der Waals surface area contributed by atoms with Gasteiger partial charge in [-0.3, -0.25) is 4.90 Å². The summed E-state index contributed by atoms with van der Waals surface area (Å²) in [6.07, 6.45) is 3.19. The second-order valence-corrected chi connectivity index (χ2v) is 8.62. The van der Waals surface area contributed by atoms with Crippen molar-refractivity contribution in [3.63, 3.8) is 0 Å². The van der Waals surface area contributed by atoms with Crippen LogP contribution in [-0.4, -0.2) is 38.5 Å². The predicted molar refractivity (Wildman–Crippen MR) is 80.3 cm³/mol. The highest BCUT2D eigenvalue weighted by atomic mass is 32.2. The highest BCUT2D eigenvalue weighted by molar-refractivity contribution is 7.89. The molecular formula is C13H21N3O2S2. The van der Waals surface area contributed by atoms with Crippen LogP contribution < -0.4 is 10.5 Å². The SMILES string of the molecule is Cc1sc(CN)cc1S(=O)(=O)NC1CCN2CCCC12. The molecule has 1 aromatic rings. The van der Waals surface area contributed by atoms with Gasteiger partial charge >= 0.3 is 0 Å². The number of sulfonamides is 1. The Kier molecular flexibility index (Phi) is 3.89. The fourth-order valence-electron chi connectivity index (χ4n) is 3.37. The zero-order chi connectivity index (χ0) is 14.3. The third kappa shape index (κ3) is 2.53. The molecule has 3 N–H and O–H groups in total. The monoisotopic (exact) mass is 315 g/mol. The van der Waals surface area contributed by atoms with E-state index in [4.69, 9.17) is 5.73 Å². The number of nitrogens with zero attached hydrogens (tertiary/aromatic N) is 1. The lowest BCUT2D eigenvalue weighted by Crippen LogP contribution is -2.42. The van der Waals surface area contributed by atoms with E-state index in [0.29, 0.717) is 17.5 Å². The molecule has 3 rings (SSSR count). The molecule has 2 aliphatic heterocycles. The third-order valence-corrected chi connectivity index (χ3v) is 7.14. The number of thiophene rings is 1. The van der Waals surface area contributed by atoms with Crippen LogP contribution >= 0.6 is 11.3 Å². The summed E-state index contributed by atoms with van der Waals surface area (Å²) in [7, 11) is -3.42. The van der Waals surface area contributed by atoms with Gasteiger partial charge in [-0.05, 0) is 38.8 Å². The van der Waals surface area contributed by atoms with Crippen LogP contribution in [0, 0.1) is 6.92 Å². The van der Waals surface area contributed by atoms with Crippen molar-refractivity contribution in [3.8, 4) is 0 Å². The molecule has 1 aromatic heterocycles. The van der Waals surface area contributed by atoms with E-state index in [-0.39, 0.29) is 6.04 Å². The molecule has 2 atom stereocenters. The van der Waals surface area contributed by atoms with Crippen molar-refractivity contribution in [2.45, 2.75) is 49.7 Å². The van der Waals surface area contributed by atoms with Gasteiger partial charge in [0.1, 0.15) is 0 Å². The Balaban J connectivity index is 1.80. The average molecular weight is 315 g/mol. The van der Waals surface area contributed by atoms with Gasteiger partial charge in [0.2, 0.25) is 10.0 Å². The van der Waals surface area contributed by atoms with Crippen LogP contribution in [0.25, 0.3) is 0 Å². The number of hydrogen-bond donors (Lipinski definition) is 2. The summed E-state index contributed by atoms with van der Waals surface area (Å²) >= 11 is 1.46. The van der Waals surface area contributed by atoms with Crippen molar-refractivity contribution in [2.75, 3.05) is 13.1 Å². The average Bonchev–Trinajstić information content (AvgIpc) is 3.06. The minimum atomic E-state index is -3.42. The van der Waals surface area contributed by atoms with E-state index in [1.165, 1.54) is 17.8 Å². The van der Waals surface area contributed by atoms with Crippen LogP contribution in [0.15, 0.2) is 11.0 Å². The molecule has 0 bridgehead atoms.